The van der Waals surface area contributed by atoms with Gasteiger partial charge in [-0.15, -0.1) is 0 Å². The Bertz CT molecular complexity index is 513. The molecule has 0 aromatic heterocycles. The fourth-order valence-corrected chi connectivity index (χ4v) is 2.99. The molecule has 5 nitrogen and oxygen atoms in total. The molecule has 0 spiro atoms. The normalized spacial score (nSPS) is 19.9. The van der Waals surface area contributed by atoms with Crippen LogP contribution in [-0.4, -0.2) is 49.3 Å². The van der Waals surface area contributed by atoms with Gasteiger partial charge in [-0.05, 0) is 59.3 Å². The van der Waals surface area contributed by atoms with Crippen LogP contribution in [0.1, 0.15) is 45.2 Å². The van der Waals surface area contributed by atoms with Crippen molar-refractivity contribution >= 4 is 6.09 Å². The molecule has 1 aliphatic heterocycles. The van der Waals surface area contributed by atoms with E-state index in [-0.39, 0.29) is 12.1 Å². The predicted octanol–water partition coefficient (Wildman–Crippen LogP) is 2.94. The van der Waals surface area contributed by atoms with Gasteiger partial charge in [-0.2, -0.15) is 0 Å². The monoisotopic (exact) mass is 333 g/mol. The van der Waals surface area contributed by atoms with Gasteiger partial charge in [0, 0.05) is 12.6 Å². The number of carbonyl (C=O) groups is 1. The summed E-state index contributed by atoms with van der Waals surface area (Å²) in [5.41, 5.74) is 0.617. The number of hydrogen-bond acceptors (Lipinski definition) is 4. The molecular formula is C19H31N3O2. The van der Waals surface area contributed by atoms with Crippen molar-refractivity contribution in [3.8, 4) is 0 Å². The molecule has 1 saturated heterocycles. The minimum Gasteiger partial charge on any atom is -0.444 e. The molecule has 1 fully saturated rings. The van der Waals surface area contributed by atoms with Gasteiger partial charge < -0.3 is 20.3 Å². The molecular weight excluding hydrogens is 302 g/mol. The summed E-state index contributed by atoms with van der Waals surface area (Å²) in [6, 6.07) is 10.6. The average Bonchev–Trinajstić information content (AvgIpc) is 2.91. The van der Waals surface area contributed by atoms with Gasteiger partial charge >= 0.3 is 6.09 Å². The molecule has 2 atom stereocenters. The lowest BCUT2D eigenvalue weighted by atomic mass is 10.0. The van der Waals surface area contributed by atoms with E-state index in [1.807, 2.05) is 51.1 Å². The van der Waals surface area contributed by atoms with E-state index in [2.05, 4.69) is 22.6 Å². The molecule has 5 heteroatoms. The number of likely N-dealkylation sites (N-methyl/N-ethyl adjacent to an activating group) is 1. The highest BCUT2D eigenvalue weighted by atomic mass is 16.6. The Morgan fingerprint density at radius 3 is 2.62 bits per heavy atom. The Labute approximate surface area is 145 Å². The minimum atomic E-state index is -0.488. The number of nitrogens with one attached hydrogen (secondary N) is 2. The summed E-state index contributed by atoms with van der Waals surface area (Å²) in [5, 5.41) is 6.61. The maximum atomic E-state index is 12.1. The van der Waals surface area contributed by atoms with E-state index in [0.717, 1.165) is 31.6 Å². The van der Waals surface area contributed by atoms with Crippen molar-refractivity contribution in [2.24, 2.45) is 0 Å². The third-order valence-corrected chi connectivity index (χ3v) is 4.15. The number of amides is 1. The van der Waals surface area contributed by atoms with E-state index in [4.69, 9.17) is 4.74 Å². The number of ether oxygens (including phenoxy) is 1. The number of alkyl carbamates (subject to hydrolysis) is 1. The van der Waals surface area contributed by atoms with Crippen LogP contribution in [0.25, 0.3) is 0 Å². The number of nitrogens with zero attached hydrogens (tertiary/aromatic N) is 1. The van der Waals surface area contributed by atoms with Crippen LogP contribution in [0.5, 0.6) is 0 Å². The van der Waals surface area contributed by atoms with Crippen molar-refractivity contribution < 1.29 is 9.53 Å². The van der Waals surface area contributed by atoms with E-state index in [1.165, 1.54) is 6.42 Å². The van der Waals surface area contributed by atoms with E-state index in [0.29, 0.717) is 6.04 Å². The second kappa shape index (κ2) is 8.49. The van der Waals surface area contributed by atoms with Crippen LogP contribution in [0.4, 0.5) is 4.79 Å². The van der Waals surface area contributed by atoms with E-state index in [9.17, 15) is 4.79 Å². The Balaban J connectivity index is 1.89. The van der Waals surface area contributed by atoms with Crippen LogP contribution in [0.3, 0.4) is 0 Å². The highest BCUT2D eigenvalue weighted by Gasteiger charge is 2.22. The molecule has 0 radical (unpaired) electrons. The van der Waals surface area contributed by atoms with Crippen LogP contribution >= 0.6 is 0 Å². The van der Waals surface area contributed by atoms with Crippen LogP contribution in [0.2, 0.25) is 0 Å². The van der Waals surface area contributed by atoms with Crippen molar-refractivity contribution in [2.45, 2.75) is 51.3 Å². The van der Waals surface area contributed by atoms with E-state index >= 15 is 0 Å². The summed E-state index contributed by atoms with van der Waals surface area (Å²) in [7, 11) is 2.15. The zero-order valence-electron chi connectivity index (χ0n) is 15.3. The fraction of sp³-hybridized carbons (Fsp3) is 0.632. The Morgan fingerprint density at radius 2 is 2.04 bits per heavy atom. The van der Waals surface area contributed by atoms with Crippen molar-refractivity contribution in [2.75, 3.05) is 26.7 Å². The molecule has 1 aromatic carbocycles. The molecule has 0 saturated carbocycles. The Kier molecular flexibility index (Phi) is 6.63. The number of benzene rings is 1. The second-order valence-corrected chi connectivity index (χ2v) is 7.60. The molecule has 1 heterocycles. The Morgan fingerprint density at radius 1 is 1.33 bits per heavy atom. The van der Waals surface area contributed by atoms with Gasteiger partial charge in [0.25, 0.3) is 0 Å². The molecule has 0 bridgehead atoms. The van der Waals surface area contributed by atoms with E-state index in [1.54, 1.807) is 0 Å². The molecule has 2 rings (SSSR count). The second-order valence-electron chi connectivity index (χ2n) is 7.60. The minimum absolute atomic E-state index is 0.0484. The van der Waals surface area contributed by atoms with Gasteiger partial charge in [0.05, 0.1) is 6.04 Å². The molecule has 134 valence electrons. The van der Waals surface area contributed by atoms with Crippen molar-refractivity contribution in [1.29, 1.82) is 0 Å². The predicted molar refractivity (Wildman–Crippen MR) is 97.1 cm³/mol. The van der Waals surface area contributed by atoms with Crippen molar-refractivity contribution in [3.05, 3.63) is 35.9 Å². The molecule has 24 heavy (non-hydrogen) atoms. The first-order valence-corrected chi connectivity index (χ1v) is 8.80. The van der Waals surface area contributed by atoms with Gasteiger partial charge in [-0.25, -0.2) is 4.79 Å². The van der Waals surface area contributed by atoms with Gasteiger partial charge in [0.2, 0.25) is 0 Å². The smallest absolute Gasteiger partial charge is 0.408 e. The Hall–Kier alpha value is -1.59. The lowest BCUT2D eigenvalue weighted by Crippen LogP contribution is -2.38. The maximum Gasteiger partial charge on any atom is 0.408 e. The third-order valence-electron chi connectivity index (χ3n) is 4.15. The summed E-state index contributed by atoms with van der Waals surface area (Å²) in [6.45, 7) is 8.74. The molecule has 1 aliphatic rings. The summed E-state index contributed by atoms with van der Waals surface area (Å²) in [4.78, 5) is 14.5. The maximum absolute atomic E-state index is 12.1. The third kappa shape index (κ3) is 6.49. The first kappa shape index (κ1) is 18.7. The van der Waals surface area contributed by atoms with Crippen LogP contribution in [0.15, 0.2) is 30.3 Å². The van der Waals surface area contributed by atoms with Crippen molar-refractivity contribution in [1.82, 2.24) is 15.5 Å². The van der Waals surface area contributed by atoms with Crippen molar-refractivity contribution in [3.63, 3.8) is 0 Å². The van der Waals surface area contributed by atoms with Crippen LogP contribution in [-0.2, 0) is 4.74 Å². The number of hydrogen-bond donors (Lipinski definition) is 2. The lowest BCUT2D eigenvalue weighted by Gasteiger charge is -2.24. The zero-order valence-corrected chi connectivity index (χ0v) is 15.3. The zero-order chi connectivity index (χ0) is 17.6. The topological polar surface area (TPSA) is 53.6 Å². The SMILES string of the molecule is CN1CCC(NCCC(NC(=O)OC(C)(C)C)c2ccccc2)C1. The van der Waals surface area contributed by atoms with E-state index < -0.39 is 5.60 Å². The first-order valence-electron chi connectivity index (χ1n) is 8.80. The van der Waals surface area contributed by atoms with Gasteiger partial charge in [-0.1, -0.05) is 30.3 Å². The molecule has 1 amide bonds. The molecule has 0 aliphatic carbocycles. The quantitative estimate of drug-likeness (QED) is 0.840. The van der Waals surface area contributed by atoms with Crippen LogP contribution < -0.4 is 10.6 Å². The van der Waals surface area contributed by atoms with Gasteiger partial charge in [0.15, 0.2) is 0 Å². The highest BCUT2D eigenvalue weighted by Crippen LogP contribution is 2.18. The van der Waals surface area contributed by atoms with Gasteiger partial charge in [-0.3, -0.25) is 0 Å². The molecule has 2 N–H and O–H groups in total. The first-order chi connectivity index (χ1) is 11.3. The van der Waals surface area contributed by atoms with Crippen LogP contribution in [0, 0.1) is 0 Å². The molecule has 2 unspecified atom stereocenters. The number of rotatable bonds is 6. The van der Waals surface area contributed by atoms with Gasteiger partial charge in [0.1, 0.15) is 5.60 Å². The summed E-state index contributed by atoms with van der Waals surface area (Å²) in [5.74, 6) is 0. The number of likely N-dealkylation sites (tertiary alicyclic amines) is 1. The number of carbonyl (C=O) groups excluding carboxylic acids is 1. The highest BCUT2D eigenvalue weighted by molar-refractivity contribution is 5.68. The fourth-order valence-electron chi connectivity index (χ4n) is 2.99. The average molecular weight is 333 g/mol. The molecule has 1 aromatic rings. The lowest BCUT2D eigenvalue weighted by molar-refractivity contribution is 0.0501. The largest absolute Gasteiger partial charge is 0.444 e. The summed E-state index contributed by atoms with van der Waals surface area (Å²) >= 11 is 0. The summed E-state index contributed by atoms with van der Waals surface area (Å²) < 4.78 is 5.41. The standard InChI is InChI=1S/C19H31N3O2/c1-19(2,3)24-18(23)21-17(15-8-6-5-7-9-15)10-12-20-16-11-13-22(4)14-16/h5-9,16-17,20H,10-14H2,1-4H3,(H,21,23). The summed E-state index contributed by atoms with van der Waals surface area (Å²) in [6.07, 6.45) is 1.66.